The number of carboxylic acid groups (broad SMARTS) is 1. The Morgan fingerprint density at radius 3 is 2.73 bits per heavy atom. The zero-order valence-corrected chi connectivity index (χ0v) is 8.38. The summed E-state index contributed by atoms with van der Waals surface area (Å²) in [6.07, 6.45) is -0.453. The summed E-state index contributed by atoms with van der Waals surface area (Å²) in [4.78, 5) is 10.4. The number of nitrogens with zero attached hydrogens (tertiary/aromatic N) is 1. The highest BCUT2D eigenvalue weighted by Crippen LogP contribution is 2.17. The molecule has 0 saturated carbocycles. The predicted molar refractivity (Wildman–Crippen MR) is 52.0 cm³/mol. The predicted octanol–water partition coefficient (Wildman–Crippen LogP) is 2.06. The zero-order valence-electron chi connectivity index (χ0n) is 7.63. The van der Waals surface area contributed by atoms with E-state index >= 15 is 0 Å². The molecule has 0 aliphatic carbocycles. The Morgan fingerprint density at radius 2 is 2.27 bits per heavy atom. The first-order valence-electron chi connectivity index (χ1n) is 4.07. The number of hydrogen-bond donors (Lipinski definition) is 1. The summed E-state index contributed by atoms with van der Waals surface area (Å²) in [6.45, 7) is 0. The largest absolute Gasteiger partial charge is 0.481 e. The lowest BCUT2D eigenvalue weighted by molar-refractivity contribution is -0.136. The van der Waals surface area contributed by atoms with Crippen molar-refractivity contribution in [1.29, 1.82) is 5.26 Å². The maximum atomic E-state index is 13.4. The zero-order chi connectivity index (χ0) is 11.4. The lowest BCUT2D eigenvalue weighted by Gasteiger charge is -2.04. The lowest BCUT2D eigenvalue weighted by Crippen LogP contribution is -2.04. The number of carbonyl (C=O) groups is 1. The number of aliphatic carboxylic acids is 1. The molecule has 15 heavy (non-hydrogen) atoms. The molecule has 0 fully saturated rings. The van der Waals surface area contributed by atoms with Crippen molar-refractivity contribution in [3.05, 3.63) is 34.6 Å². The van der Waals surface area contributed by atoms with E-state index < -0.39 is 18.2 Å². The summed E-state index contributed by atoms with van der Waals surface area (Å²) in [5, 5.41) is 17.2. The molecule has 0 unspecified atom stereocenters. The molecule has 0 spiro atoms. The van der Waals surface area contributed by atoms with Gasteiger partial charge in [0.1, 0.15) is 11.9 Å². The fourth-order valence-corrected chi connectivity index (χ4v) is 1.35. The molecule has 0 atom stereocenters. The number of hydrogen-bond acceptors (Lipinski definition) is 2. The van der Waals surface area contributed by atoms with E-state index in [-0.39, 0.29) is 17.0 Å². The van der Waals surface area contributed by atoms with Gasteiger partial charge in [-0.2, -0.15) is 5.26 Å². The SMILES string of the molecule is N#Cc1cc(CCl)cc(CC(=O)O)c1F. The van der Waals surface area contributed by atoms with Crippen molar-refractivity contribution in [3.63, 3.8) is 0 Å². The third-order valence-electron chi connectivity index (χ3n) is 1.82. The first-order valence-corrected chi connectivity index (χ1v) is 4.61. The van der Waals surface area contributed by atoms with Gasteiger partial charge in [0.05, 0.1) is 12.0 Å². The molecule has 1 N–H and O–H groups in total. The minimum absolute atomic E-state index is 0.0165. The maximum Gasteiger partial charge on any atom is 0.307 e. The van der Waals surface area contributed by atoms with Crippen molar-refractivity contribution in [1.82, 2.24) is 0 Å². The smallest absolute Gasteiger partial charge is 0.307 e. The minimum Gasteiger partial charge on any atom is -0.481 e. The van der Waals surface area contributed by atoms with Crippen LogP contribution < -0.4 is 0 Å². The van der Waals surface area contributed by atoms with E-state index in [1.165, 1.54) is 12.1 Å². The summed E-state index contributed by atoms with van der Waals surface area (Å²) >= 11 is 5.54. The molecule has 0 aliphatic rings. The summed E-state index contributed by atoms with van der Waals surface area (Å²) < 4.78 is 13.4. The molecule has 3 nitrogen and oxygen atoms in total. The van der Waals surface area contributed by atoms with Crippen molar-refractivity contribution in [2.24, 2.45) is 0 Å². The molecule has 0 bridgehead atoms. The molecular formula is C10H7ClFNO2. The summed E-state index contributed by atoms with van der Waals surface area (Å²) in [5.41, 5.74) is 0.340. The van der Waals surface area contributed by atoms with Crippen molar-refractivity contribution in [2.45, 2.75) is 12.3 Å². The number of nitriles is 1. The maximum absolute atomic E-state index is 13.4. The van der Waals surface area contributed by atoms with Crippen molar-refractivity contribution in [3.8, 4) is 6.07 Å². The topological polar surface area (TPSA) is 61.1 Å². The number of alkyl halides is 1. The first kappa shape index (κ1) is 11.5. The van der Waals surface area contributed by atoms with Gasteiger partial charge in [-0.25, -0.2) is 4.39 Å². The van der Waals surface area contributed by atoms with Crippen LogP contribution >= 0.6 is 11.6 Å². The molecule has 1 rings (SSSR count). The van der Waals surface area contributed by atoms with Crippen LogP contribution in [0.2, 0.25) is 0 Å². The molecule has 0 aromatic heterocycles. The number of benzene rings is 1. The van der Waals surface area contributed by atoms with E-state index in [1.807, 2.05) is 0 Å². The number of rotatable bonds is 3. The Labute approximate surface area is 90.7 Å². The molecule has 5 heteroatoms. The Bertz CT molecular complexity index is 440. The molecule has 0 heterocycles. The van der Waals surface area contributed by atoms with E-state index in [0.29, 0.717) is 5.56 Å². The van der Waals surface area contributed by atoms with Crippen LogP contribution in [0.1, 0.15) is 16.7 Å². The third-order valence-corrected chi connectivity index (χ3v) is 2.13. The lowest BCUT2D eigenvalue weighted by atomic mass is 10.0. The Kier molecular flexibility index (Phi) is 3.64. The van der Waals surface area contributed by atoms with Gasteiger partial charge in [-0.05, 0) is 11.6 Å². The second-order valence-electron chi connectivity index (χ2n) is 2.93. The highest BCUT2D eigenvalue weighted by molar-refractivity contribution is 6.17. The van der Waals surface area contributed by atoms with Crippen LogP contribution in [0.5, 0.6) is 0 Å². The number of carboxylic acids is 1. The Morgan fingerprint density at radius 1 is 1.60 bits per heavy atom. The quantitative estimate of drug-likeness (QED) is 0.804. The molecule has 78 valence electrons. The van der Waals surface area contributed by atoms with Gasteiger partial charge in [0.2, 0.25) is 0 Å². The fourth-order valence-electron chi connectivity index (χ4n) is 1.20. The third kappa shape index (κ3) is 2.67. The molecule has 0 radical (unpaired) electrons. The van der Waals surface area contributed by atoms with Gasteiger partial charge in [0.25, 0.3) is 0 Å². The highest BCUT2D eigenvalue weighted by atomic mass is 35.5. The van der Waals surface area contributed by atoms with E-state index in [4.69, 9.17) is 22.0 Å². The standard InChI is InChI=1S/C10H7ClFNO2/c11-4-6-1-7(3-9(14)15)10(12)8(2-6)5-13/h1-2H,3-4H2,(H,14,15). The van der Waals surface area contributed by atoms with E-state index in [2.05, 4.69) is 0 Å². The average Bonchev–Trinajstić information content (AvgIpc) is 2.20. The highest BCUT2D eigenvalue weighted by Gasteiger charge is 2.12. The molecular weight excluding hydrogens is 221 g/mol. The van der Waals surface area contributed by atoms with Gasteiger partial charge >= 0.3 is 5.97 Å². The normalized spacial score (nSPS) is 9.67. The minimum atomic E-state index is -1.15. The molecule has 1 aromatic rings. The van der Waals surface area contributed by atoms with Gasteiger partial charge in [-0.15, -0.1) is 11.6 Å². The van der Waals surface area contributed by atoms with Crippen molar-refractivity contribution >= 4 is 17.6 Å². The Hall–Kier alpha value is -1.60. The van der Waals surface area contributed by atoms with Crippen LogP contribution in [0.4, 0.5) is 4.39 Å². The Balaban J connectivity index is 3.25. The van der Waals surface area contributed by atoms with Gasteiger partial charge in [0.15, 0.2) is 0 Å². The summed E-state index contributed by atoms with van der Waals surface area (Å²) in [7, 11) is 0. The van der Waals surface area contributed by atoms with Crippen LogP contribution in [-0.4, -0.2) is 11.1 Å². The van der Waals surface area contributed by atoms with Crippen LogP contribution in [0.25, 0.3) is 0 Å². The van der Waals surface area contributed by atoms with Gasteiger partial charge in [-0.1, -0.05) is 6.07 Å². The fraction of sp³-hybridized carbons (Fsp3) is 0.200. The molecule has 0 amide bonds. The van der Waals surface area contributed by atoms with Crippen LogP contribution in [0, 0.1) is 17.1 Å². The van der Waals surface area contributed by atoms with Crippen molar-refractivity contribution in [2.75, 3.05) is 0 Å². The second-order valence-corrected chi connectivity index (χ2v) is 3.20. The second kappa shape index (κ2) is 4.76. The van der Waals surface area contributed by atoms with Gasteiger partial charge in [-0.3, -0.25) is 4.79 Å². The molecule has 0 aliphatic heterocycles. The monoisotopic (exact) mass is 227 g/mol. The first-order chi connectivity index (χ1) is 7.08. The van der Waals surface area contributed by atoms with Crippen LogP contribution in [-0.2, 0) is 17.1 Å². The van der Waals surface area contributed by atoms with Crippen LogP contribution in [0.15, 0.2) is 12.1 Å². The average molecular weight is 228 g/mol. The van der Waals surface area contributed by atoms with E-state index in [1.54, 1.807) is 6.07 Å². The van der Waals surface area contributed by atoms with E-state index in [9.17, 15) is 9.18 Å². The molecule has 0 saturated heterocycles. The summed E-state index contributed by atoms with van der Waals surface area (Å²) in [6, 6.07) is 4.33. The van der Waals surface area contributed by atoms with Crippen molar-refractivity contribution < 1.29 is 14.3 Å². The molecule has 1 aromatic carbocycles. The van der Waals surface area contributed by atoms with E-state index in [0.717, 1.165) is 0 Å². The van der Waals surface area contributed by atoms with Gasteiger partial charge in [0, 0.05) is 11.4 Å². The number of halogens is 2. The summed E-state index contributed by atoms with van der Waals surface area (Å²) in [5.74, 6) is -1.82. The van der Waals surface area contributed by atoms with Gasteiger partial charge < -0.3 is 5.11 Å². The van der Waals surface area contributed by atoms with Crippen LogP contribution in [0.3, 0.4) is 0 Å².